The molecule has 118 valence electrons. The van der Waals surface area contributed by atoms with Gasteiger partial charge < -0.3 is 0 Å². The average molecular weight is 305 g/mol. The van der Waals surface area contributed by atoms with Crippen LogP contribution in [-0.2, 0) is 4.79 Å². The lowest BCUT2D eigenvalue weighted by Crippen LogP contribution is -2.18. The second-order valence-corrected chi connectivity index (χ2v) is 12.7. The number of carbonyl (C=O) groups is 1. The van der Waals surface area contributed by atoms with Crippen molar-refractivity contribution in [3.8, 4) is 11.5 Å². The van der Waals surface area contributed by atoms with Gasteiger partial charge in [-0.2, -0.15) is 0 Å². The van der Waals surface area contributed by atoms with Crippen LogP contribution in [0.1, 0.15) is 65.7 Å². The van der Waals surface area contributed by atoms with E-state index in [4.69, 9.17) is 0 Å². The first-order valence-corrected chi connectivity index (χ1v) is 11.9. The number of rotatable bonds is 3. The molecule has 1 aliphatic rings. The summed E-state index contributed by atoms with van der Waals surface area (Å²) in [5, 5.41) is 0. The highest BCUT2D eigenvalue weighted by Gasteiger charge is 2.29. The molecule has 0 amide bonds. The summed E-state index contributed by atoms with van der Waals surface area (Å²) in [4.78, 5) is 11.8. The van der Waals surface area contributed by atoms with Crippen LogP contribution >= 0.6 is 0 Å². The summed E-state index contributed by atoms with van der Waals surface area (Å²) < 4.78 is 0. The van der Waals surface area contributed by atoms with Crippen molar-refractivity contribution in [3.63, 3.8) is 0 Å². The standard InChI is InChI=1S/C19H32OSi/c1-7-8-9-16(13-15-21(4,5)6)18-11-10-17(20)12-14-19(18,2)3/h7-12,14H2,1-6H3/b18-16-. The summed E-state index contributed by atoms with van der Waals surface area (Å²) >= 11 is 0. The Bertz CT molecular complexity index is 466. The van der Waals surface area contributed by atoms with E-state index in [0.29, 0.717) is 12.2 Å². The molecular formula is C19H32OSi. The molecule has 0 aromatic carbocycles. The molecule has 0 heterocycles. The molecule has 0 bridgehead atoms. The third-order valence-electron chi connectivity index (χ3n) is 4.23. The minimum Gasteiger partial charge on any atom is -0.300 e. The number of unbranched alkanes of at least 4 members (excludes halogenated alkanes) is 1. The van der Waals surface area contributed by atoms with Crippen LogP contribution in [0.4, 0.5) is 0 Å². The molecule has 1 fully saturated rings. The molecule has 0 unspecified atom stereocenters. The first-order valence-electron chi connectivity index (χ1n) is 8.43. The van der Waals surface area contributed by atoms with E-state index in [1.807, 2.05) is 0 Å². The number of hydrogen-bond acceptors (Lipinski definition) is 1. The zero-order valence-electron chi connectivity index (χ0n) is 14.9. The Balaban J connectivity index is 3.21. The van der Waals surface area contributed by atoms with E-state index in [-0.39, 0.29) is 5.41 Å². The first-order chi connectivity index (χ1) is 9.65. The zero-order chi connectivity index (χ0) is 16.1. The van der Waals surface area contributed by atoms with Gasteiger partial charge in [0, 0.05) is 18.4 Å². The lowest BCUT2D eigenvalue weighted by atomic mass is 9.77. The molecule has 0 radical (unpaired) electrons. The molecule has 1 aliphatic carbocycles. The number of carbonyl (C=O) groups excluding carboxylic acids is 1. The molecule has 0 aromatic heterocycles. The van der Waals surface area contributed by atoms with Gasteiger partial charge in [-0.3, -0.25) is 4.79 Å². The highest BCUT2D eigenvalue weighted by atomic mass is 28.3. The van der Waals surface area contributed by atoms with Crippen LogP contribution in [0.15, 0.2) is 11.1 Å². The van der Waals surface area contributed by atoms with Crippen LogP contribution in [-0.4, -0.2) is 13.9 Å². The van der Waals surface area contributed by atoms with Crippen molar-refractivity contribution in [3.05, 3.63) is 11.1 Å². The SMILES string of the molecule is CCCC/C(C#C[Si](C)(C)C)=C1\CCC(=O)CCC1(C)C. The van der Waals surface area contributed by atoms with Gasteiger partial charge in [0.1, 0.15) is 13.9 Å². The number of Topliss-reactive ketones (excluding diaryl/α,β-unsaturated/α-hetero) is 1. The summed E-state index contributed by atoms with van der Waals surface area (Å²) in [6.45, 7) is 13.7. The van der Waals surface area contributed by atoms with Crippen molar-refractivity contribution in [1.82, 2.24) is 0 Å². The van der Waals surface area contributed by atoms with E-state index in [0.717, 1.165) is 25.7 Å². The predicted molar refractivity (Wildman–Crippen MR) is 94.9 cm³/mol. The Labute approximate surface area is 132 Å². The van der Waals surface area contributed by atoms with E-state index >= 15 is 0 Å². The van der Waals surface area contributed by atoms with E-state index in [1.54, 1.807) is 0 Å². The smallest absolute Gasteiger partial charge is 0.133 e. The fourth-order valence-electron chi connectivity index (χ4n) is 2.80. The number of allylic oxidation sites excluding steroid dienone is 2. The zero-order valence-corrected chi connectivity index (χ0v) is 15.9. The summed E-state index contributed by atoms with van der Waals surface area (Å²) in [6, 6.07) is 0. The van der Waals surface area contributed by atoms with E-state index in [1.165, 1.54) is 24.0 Å². The van der Waals surface area contributed by atoms with E-state index < -0.39 is 8.07 Å². The van der Waals surface area contributed by atoms with Crippen molar-refractivity contribution in [2.45, 2.75) is 85.4 Å². The lowest BCUT2D eigenvalue weighted by Gasteiger charge is -2.28. The fourth-order valence-corrected chi connectivity index (χ4v) is 3.32. The molecule has 0 aromatic rings. The molecule has 0 atom stereocenters. The largest absolute Gasteiger partial charge is 0.300 e. The second kappa shape index (κ2) is 7.45. The molecule has 1 nitrogen and oxygen atoms in total. The molecule has 0 aliphatic heterocycles. The molecule has 2 heteroatoms. The molecule has 0 saturated heterocycles. The normalized spacial score (nSPS) is 21.3. The molecule has 0 N–H and O–H groups in total. The first kappa shape index (κ1) is 18.2. The molecular weight excluding hydrogens is 272 g/mol. The molecule has 21 heavy (non-hydrogen) atoms. The van der Waals surface area contributed by atoms with Crippen molar-refractivity contribution in [2.24, 2.45) is 5.41 Å². The maximum atomic E-state index is 11.8. The summed E-state index contributed by atoms with van der Waals surface area (Å²) in [5.74, 6) is 3.96. The van der Waals surface area contributed by atoms with Gasteiger partial charge in [-0.1, -0.05) is 58.3 Å². The summed E-state index contributed by atoms with van der Waals surface area (Å²) in [5.41, 5.74) is 6.48. The Kier molecular flexibility index (Phi) is 6.47. The number of hydrogen-bond donors (Lipinski definition) is 0. The van der Waals surface area contributed by atoms with Gasteiger partial charge in [-0.15, -0.1) is 5.54 Å². The van der Waals surface area contributed by atoms with Crippen LogP contribution in [0.5, 0.6) is 0 Å². The van der Waals surface area contributed by atoms with Gasteiger partial charge >= 0.3 is 0 Å². The van der Waals surface area contributed by atoms with Crippen molar-refractivity contribution >= 4 is 13.9 Å². The van der Waals surface area contributed by atoms with E-state index in [2.05, 4.69) is 51.9 Å². The minimum atomic E-state index is -1.36. The van der Waals surface area contributed by atoms with Gasteiger partial charge in [0.15, 0.2) is 0 Å². The number of ketones is 1. The van der Waals surface area contributed by atoms with Crippen LogP contribution in [0.3, 0.4) is 0 Å². The topological polar surface area (TPSA) is 17.1 Å². The Morgan fingerprint density at radius 1 is 1.19 bits per heavy atom. The maximum Gasteiger partial charge on any atom is 0.133 e. The van der Waals surface area contributed by atoms with Crippen molar-refractivity contribution in [1.29, 1.82) is 0 Å². The Hall–Kier alpha value is -0.813. The van der Waals surface area contributed by atoms with Crippen molar-refractivity contribution in [2.75, 3.05) is 0 Å². The summed E-state index contributed by atoms with van der Waals surface area (Å²) in [7, 11) is -1.36. The second-order valence-electron chi connectivity index (χ2n) is 7.98. The van der Waals surface area contributed by atoms with Crippen LogP contribution in [0.2, 0.25) is 19.6 Å². The highest BCUT2D eigenvalue weighted by Crippen LogP contribution is 2.40. The minimum absolute atomic E-state index is 0.128. The maximum absolute atomic E-state index is 11.8. The highest BCUT2D eigenvalue weighted by molar-refractivity contribution is 6.83. The monoisotopic (exact) mass is 304 g/mol. The molecule has 1 saturated carbocycles. The van der Waals surface area contributed by atoms with Gasteiger partial charge in [0.25, 0.3) is 0 Å². The quantitative estimate of drug-likeness (QED) is 0.381. The third kappa shape index (κ3) is 6.22. The summed E-state index contributed by atoms with van der Waals surface area (Å²) in [6.07, 6.45) is 6.83. The molecule has 1 rings (SSSR count). The van der Waals surface area contributed by atoms with E-state index in [9.17, 15) is 4.79 Å². The van der Waals surface area contributed by atoms with Crippen LogP contribution < -0.4 is 0 Å². The van der Waals surface area contributed by atoms with Crippen LogP contribution in [0.25, 0.3) is 0 Å². The van der Waals surface area contributed by atoms with Gasteiger partial charge in [-0.25, -0.2) is 0 Å². The predicted octanol–water partition coefficient (Wildman–Crippen LogP) is 5.52. The van der Waals surface area contributed by atoms with Crippen LogP contribution in [0, 0.1) is 16.9 Å². The third-order valence-corrected chi connectivity index (χ3v) is 5.11. The van der Waals surface area contributed by atoms with Crippen molar-refractivity contribution < 1.29 is 4.79 Å². The Morgan fingerprint density at radius 2 is 1.86 bits per heavy atom. The molecule has 0 spiro atoms. The van der Waals surface area contributed by atoms with Gasteiger partial charge in [0.05, 0.1) is 0 Å². The van der Waals surface area contributed by atoms with Gasteiger partial charge in [-0.05, 0) is 31.1 Å². The lowest BCUT2D eigenvalue weighted by molar-refractivity contribution is -0.119. The fraction of sp³-hybridized carbons (Fsp3) is 0.737. The Morgan fingerprint density at radius 3 is 2.43 bits per heavy atom. The average Bonchev–Trinajstić information content (AvgIpc) is 2.49. The van der Waals surface area contributed by atoms with Gasteiger partial charge in [0.2, 0.25) is 0 Å².